The molecule has 4 rings (SSSR count). The van der Waals surface area contributed by atoms with Gasteiger partial charge >= 0.3 is 5.97 Å². The van der Waals surface area contributed by atoms with Crippen LogP contribution in [-0.2, 0) is 24.2 Å². The Kier molecular flexibility index (Phi) is 8.40. The van der Waals surface area contributed by atoms with Crippen LogP contribution in [0.25, 0.3) is 0 Å². The van der Waals surface area contributed by atoms with E-state index in [4.69, 9.17) is 16.3 Å². The van der Waals surface area contributed by atoms with Crippen LogP contribution in [0.15, 0.2) is 30.3 Å². The fourth-order valence-electron chi connectivity index (χ4n) is 3.82. The highest BCUT2D eigenvalue weighted by molar-refractivity contribution is 7.18. The highest BCUT2D eigenvalue weighted by Crippen LogP contribution is 2.28. The van der Waals surface area contributed by atoms with Crippen LogP contribution in [0.4, 0.5) is 5.69 Å². The largest absolute Gasteiger partial charge is 0.462 e. The molecule has 1 aliphatic heterocycles. The maximum atomic E-state index is 13.2. The van der Waals surface area contributed by atoms with Crippen LogP contribution in [0.1, 0.15) is 66.7 Å². The molecule has 0 aliphatic carbocycles. The number of benzene rings is 1. The van der Waals surface area contributed by atoms with Crippen molar-refractivity contribution >= 4 is 57.7 Å². The van der Waals surface area contributed by atoms with E-state index in [1.807, 2.05) is 0 Å². The first kappa shape index (κ1) is 26.3. The van der Waals surface area contributed by atoms with Gasteiger partial charge in [-0.15, -0.1) is 22.7 Å². The molecule has 1 aliphatic rings. The number of esters is 1. The van der Waals surface area contributed by atoms with Crippen molar-refractivity contribution in [3.05, 3.63) is 66.3 Å². The number of thiophene rings is 1. The molecule has 0 saturated carbocycles. The maximum absolute atomic E-state index is 13.2. The number of hydrogen-bond donors (Lipinski definition) is 2. The van der Waals surface area contributed by atoms with Crippen LogP contribution in [0.3, 0.4) is 0 Å². The van der Waals surface area contributed by atoms with E-state index in [-0.39, 0.29) is 25.0 Å². The molecule has 11 heteroatoms. The van der Waals surface area contributed by atoms with Gasteiger partial charge in [-0.05, 0) is 50.6 Å². The topological polar surface area (TPSA) is 101 Å². The fraction of sp³-hybridized carbons (Fsp3) is 0.360. The lowest BCUT2D eigenvalue weighted by atomic mass is 10.1. The normalized spacial score (nSPS) is 13.4. The molecule has 0 spiro atoms. The number of halogens is 1. The fourth-order valence-corrected chi connectivity index (χ4v) is 5.80. The summed E-state index contributed by atoms with van der Waals surface area (Å²) in [4.78, 5) is 46.5. The van der Waals surface area contributed by atoms with E-state index in [9.17, 15) is 14.4 Å². The van der Waals surface area contributed by atoms with E-state index in [1.54, 1.807) is 37.3 Å². The van der Waals surface area contributed by atoms with Gasteiger partial charge in [0.2, 0.25) is 0 Å². The quantitative estimate of drug-likeness (QED) is 0.386. The summed E-state index contributed by atoms with van der Waals surface area (Å²) < 4.78 is 5.63. The number of anilines is 1. The van der Waals surface area contributed by atoms with E-state index in [2.05, 4.69) is 34.4 Å². The number of nitrogens with zero attached hydrogens (tertiary/aromatic N) is 2. The second-order valence-corrected chi connectivity index (χ2v) is 11.3. The van der Waals surface area contributed by atoms with Crippen molar-refractivity contribution in [2.75, 3.05) is 18.5 Å². The zero-order valence-electron chi connectivity index (χ0n) is 20.2. The van der Waals surface area contributed by atoms with Crippen molar-refractivity contribution in [1.29, 1.82) is 0 Å². The molecule has 1 aromatic carbocycles. The van der Waals surface area contributed by atoms with Crippen molar-refractivity contribution in [3.8, 4) is 0 Å². The number of rotatable bonds is 8. The van der Waals surface area contributed by atoms with Crippen molar-refractivity contribution in [2.45, 2.75) is 46.3 Å². The number of aromatic nitrogens is 1. The van der Waals surface area contributed by atoms with Crippen molar-refractivity contribution in [1.82, 2.24) is 15.2 Å². The molecule has 0 atom stereocenters. The smallest absolute Gasteiger partial charge is 0.338 e. The Labute approximate surface area is 222 Å². The number of nitrogens with one attached hydrogen (secondary N) is 2. The van der Waals surface area contributed by atoms with E-state index in [0.29, 0.717) is 37.1 Å². The number of fused-ring (bicyclic) bond motifs is 1. The van der Waals surface area contributed by atoms with Gasteiger partial charge in [0.25, 0.3) is 11.8 Å². The molecule has 2 N–H and O–H groups in total. The van der Waals surface area contributed by atoms with Crippen LogP contribution in [0.2, 0.25) is 4.34 Å². The van der Waals surface area contributed by atoms with Gasteiger partial charge < -0.3 is 15.4 Å². The molecule has 36 heavy (non-hydrogen) atoms. The number of carbonyl (C=O) groups excluding carboxylic acids is 3. The lowest BCUT2D eigenvalue weighted by Gasteiger charge is -2.29. The SMILES string of the molecule is CCOC(=O)c1ccc(CNC(=O)c2ccc(Cl)s2)c(NC(=O)c2nc3c(s2)CN(C(C)C)CC3)c1. The van der Waals surface area contributed by atoms with E-state index in [1.165, 1.54) is 22.7 Å². The second kappa shape index (κ2) is 11.5. The number of carbonyl (C=O) groups is 3. The Bertz CT molecular complexity index is 1290. The summed E-state index contributed by atoms with van der Waals surface area (Å²) in [6.07, 6.45) is 0.805. The minimum absolute atomic E-state index is 0.144. The van der Waals surface area contributed by atoms with Gasteiger partial charge in [-0.3, -0.25) is 14.5 Å². The van der Waals surface area contributed by atoms with Gasteiger partial charge in [0.05, 0.1) is 27.1 Å². The molecule has 190 valence electrons. The van der Waals surface area contributed by atoms with Gasteiger partial charge in [-0.2, -0.15) is 0 Å². The molecule has 3 aromatic rings. The van der Waals surface area contributed by atoms with Gasteiger partial charge in [-0.25, -0.2) is 9.78 Å². The minimum Gasteiger partial charge on any atom is -0.462 e. The standard InChI is InChI=1S/C25H27ClN4O4S2/c1-4-34-25(33)15-5-6-16(12-27-22(31)19-7-8-21(26)35-19)18(11-15)28-23(32)24-29-17-9-10-30(14(2)3)13-20(17)36-24/h5-8,11,14H,4,9-10,12-13H2,1-3H3,(H,27,31)(H,28,32). The Morgan fingerprint density at radius 2 is 1.97 bits per heavy atom. The van der Waals surface area contributed by atoms with Gasteiger partial charge in [-0.1, -0.05) is 17.7 Å². The lowest BCUT2D eigenvalue weighted by molar-refractivity contribution is 0.0526. The molecule has 0 radical (unpaired) electrons. The third kappa shape index (κ3) is 6.12. The summed E-state index contributed by atoms with van der Waals surface area (Å²) in [6, 6.07) is 8.60. The summed E-state index contributed by atoms with van der Waals surface area (Å²) >= 11 is 8.51. The summed E-state index contributed by atoms with van der Waals surface area (Å²) in [7, 11) is 0. The van der Waals surface area contributed by atoms with Gasteiger partial charge in [0.15, 0.2) is 5.01 Å². The first-order valence-corrected chi connectivity index (χ1v) is 13.6. The third-order valence-corrected chi connectivity index (χ3v) is 8.10. The van der Waals surface area contributed by atoms with Crippen molar-refractivity contribution in [3.63, 3.8) is 0 Å². The summed E-state index contributed by atoms with van der Waals surface area (Å²) in [6.45, 7) is 8.11. The maximum Gasteiger partial charge on any atom is 0.338 e. The van der Waals surface area contributed by atoms with Gasteiger partial charge in [0.1, 0.15) is 0 Å². The highest BCUT2D eigenvalue weighted by atomic mass is 35.5. The average Bonchev–Trinajstić information content (AvgIpc) is 3.49. The molecule has 0 fully saturated rings. The molecular weight excluding hydrogens is 520 g/mol. The summed E-state index contributed by atoms with van der Waals surface area (Å²) in [5.41, 5.74) is 2.31. The molecule has 8 nitrogen and oxygen atoms in total. The first-order chi connectivity index (χ1) is 17.2. The Balaban J connectivity index is 1.54. The third-order valence-electron chi connectivity index (χ3n) is 5.79. The van der Waals surface area contributed by atoms with Crippen LogP contribution >= 0.6 is 34.3 Å². The van der Waals surface area contributed by atoms with Crippen molar-refractivity contribution in [2.24, 2.45) is 0 Å². The van der Waals surface area contributed by atoms with E-state index in [0.717, 1.165) is 30.1 Å². The molecule has 0 bridgehead atoms. The van der Waals surface area contributed by atoms with Crippen LogP contribution in [0, 0.1) is 0 Å². The number of thiazole rings is 1. The van der Waals surface area contributed by atoms with Crippen LogP contribution in [0.5, 0.6) is 0 Å². The predicted molar refractivity (Wildman–Crippen MR) is 142 cm³/mol. The molecule has 0 saturated heterocycles. The molecule has 2 amide bonds. The van der Waals surface area contributed by atoms with E-state index < -0.39 is 5.97 Å². The zero-order chi connectivity index (χ0) is 25.8. The number of amides is 2. The molecular formula is C25H27ClN4O4S2. The average molecular weight is 547 g/mol. The lowest BCUT2D eigenvalue weighted by Crippen LogP contribution is -2.35. The Hall–Kier alpha value is -2.79. The van der Waals surface area contributed by atoms with Crippen LogP contribution in [-0.4, -0.2) is 46.9 Å². The monoisotopic (exact) mass is 546 g/mol. The number of ether oxygens (including phenoxy) is 1. The Morgan fingerprint density at radius 3 is 2.67 bits per heavy atom. The zero-order valence-corrected chi connectivity index (χ0v) is 22.6. The predicted octanol–water partition coefficient (Wildman–Crippen LogP) is 4.98. The van der Waals surface area contributed by atoms with Crippen LogP contribution < -0.4 is 10.6 Å². The highest BCUT2D eigenvalue weighted by Gasteiger charge is 2.25. The summed E-state index contributed by atoms with van der Waals surface area (Å²) in [5.74, 6) is -1.12. The van der Waals surface area contributed by atoms with Crippen molar-refractivity contribution < 1.29 is 19.1 Å². The van der Waals surface area contributed by atoms with E-state index >= 15 is 0 Å². The Morgan fingerprint density at radius 1 is 1.17 bits per heavy atom. The minimum atomic E-state index is -0.490. The molecule has 0 unspecified atom stereocenters. The van der Waals surface area contributed by atoms with Gasteiger partial charge in [0, 0.05) is 42.7 Å². The number of hydrogen-bond acceptors (Lipinski definition) is 8. The molecule has 2 aromatic heterocycles. The first-order valence-electron chi connectivity index (χ1n) is 11.6. The second-order valence-electron chi connectivity index (χ2n) is 8.54. The summed E-state index contributed by atoms with van der Waals surface area (Å²) in [5, 5.41) is 6.10. The molecule has 3 heterocycles.